The Labute approximate surface area is 129 Å². The van der Waals surface area contributed by atoms with E-state index in [4.69, 9.17) is 21.1 Å². The first-order valence-corrected chi connectivity index (χ1v) is 7.65. The molecule has 0 aromatic heterocycles. The van der Waals surface area contributed by atoms with E-state index in [1.807, 2.05) is 18.2 Å². The summed E-state index contributed by atoms with van der Waals surface area (Å²) >= 11 is 6.01. The molecule has 0 saturated carbocycles. The molecule has 1 atom stereocenters. The van der Waals surface area contributed by atoms with Crippen molar-refractivity contribution < 1.29 is 14.3 Å². The molecule has 1 amide bonds. The highest BCUT2D eigenvalue weighted by molar-refractivity contribution is 6.30. The first-order valence-electron chi connectivity index (χ1n) is 7.28. The minimum Gasteiger partial charge on any atom is -0.501 e. The van der Waals surface area contributed by atoms with Gasteiger partial charge in [0, 0.05) is 10.6 Å². The van der Waals surface area contributed by atoms with Crippen molar-refractivity contribution >= 4 is 17.5 Å². The molecule has 0 bridgehead atoms. The van der Waals surface area contributed by atoms with E-state index in [0.29, 0.717) is 23.8 Å². The standard InChI is InChI=1S/C16H18ClNO3/c17-12-5-6-13-14(4-2-8-21-15(13)9-12)18-16(19)11-3-1-7-20-10-11/h5-6,9-10,14H,1-4,7-8H2,(H,18,19). The van der Waals surface area contributed by atoms with Crippen LogP contribution < -0.4 is 10.1 Å². The second-order valence-electron chi connectivity index (χ2n) is 5.32. The van der Waals surface area contributed by atoms with Gasteiger partial charge in [-0.15, -0.1) is 0 Å². The number of ether oxygens (including phenoxy) is 2. The van der Waals surface area contributed by atoms with Gasteiger partial charge in [-0.3, -0.25) is 4.79 Å². The third-order valence-electron chi connectivity index (χ3n) is 3.78. The van der Waals surface area contributed by atoms with Crippen LogP contribution in [0.1, 0.15) is 37.3 Å². The minimum atomic E-state index is -0.0532. The van der Waals surface area contributed by atoms with Crippen LogP contribution in [-0.4, -0.2) is 19.1 Å². The SMILES string of the molecule is O=C(NC1CCCOc2cc(Cl)ccc21)C1=COCCC1. The van der Waals surface area contributed by atoms with E-state index in [0.717, 1.165) is 37.0 Å². The van der Waals surface area contributed by atoms with Gasteiger partial charge in [-0.25, -0.2) is 0 Å². The van der Waals surface area contributed by atoms with E-state index in [2.05, 4.69) is 5.32 Å². The van der Waals surface area contributed by atoms with Gasteiger partial charge in [-0.2, -0.15) is 0 Å². The molecule has 1 aromatic carbocycles. The van der Waals surface area contributed by atoms with Crippen molar-refractivity contribution in [2.75, 3.05) is 13.2 Å². The van der Waals surface area contributed by atoms with Crippen LogP contribution in [0.25, 0.3) is 0 Å². The molecule has 0 aliphatic carbocycles. The van der Waals surface area contributed by atoms with Crippen molar-refractivity contribution in [2.24, 2.45) is 0 Å². The Morgan fingerprint density at radius 3 is 3.00 bits per heavy atom. The summed E-state index contributed by atoms with van der Waals surface area (Å²) in [7, 11) is 0. The van der Waals surface area contributed by atoms with E-state index in [1.165, 1.54) is 0 Å². The molecule has 2 heterocycles. The Hall–Kier alpha value is -1.68. The van der Waals surface area contributed by atoms with Gasteiger partial charge in [0.1, 0.15) is 5.75 Å². The lowest BCUT2D eigenvalue weighted by atomic mass is 10.0. The summed E-state index contributed by atoms with van der Waals surface area (Å²) in [5.74, 6) is 0.710. The maximum atomic E-state index is 12.3. The zero-order chi connectivity index (χ0) is 14.7. The fraction of sp³-hybridized carbons (Fsp3) is 0.438. The van der Waals surface area contributed by atoms with Gasteiger partial charge in [-0.1, -0.05) is 17.7 Å². The third kappa shape index (κ3) is 3.32. The van der Waals surface area contributed by atoms with Crippen LogP contribution in [0.5, 0.6) is 5.75 Å². The van der Waals surface area contributed by atoms with Crippen molar-refractivity contribution in [2.45, 2.75) is 31.7 Å². The number of carbonyl (C=O) groups is 1. The zero-order valence-electron chi connectivity index (χ0n) is 11.7. The van der Waals surface area contributed by atoms with Crippen LogP contribution in [0.3, 0.4) is 0 Å². The summed E-state index contributed by atoms with van der Waals surface area (Å²) in [6.07, 6.45) is 4.98. The van der Waals surface area contributed by atoms with Crippen LogP contribution >= 0.6 is 11.6 Å². The van der Waals surface area contributed by atoms with Gasteiger partial charge in [0.2, 0.25) is 0 Å². The largest absolute Gasteiger partial charge is 0.501 e. The lowest BCUT2D eigenvalue weighted by Gasteiger charge is -2.20. The second kappa shape index (κ2) is 6.39. The molecule has 1 unspecified atom stereocenters. The van der Waals surface area contributed by atoms with E-state index in [-0.39, 0.29) is 11.9 Å². The average molecular weight is 308 g/mol. The normalized spacial score (nSPS) is 21.2. The molecule has 112 valence electrons. The van der Waals surface area contributed by atoms with Crippen molar-refractivity contribution in [3.8, 4) is 5.75 Å². The molecule has 5 heteroatoms. The average Bonchev–Trinajstić information content (AvgIpc) is 2.70. The van der Waals surface area contributed by atoms with Crippen molar-refractivity contribution in [1.29, 1.82) is 0 Å². The monoisotopic (exact) mass is 307 g/mol. The Balaban J connectivity index is 1.79. The van der Waals surface area contributed by atoms with Gasteiger partial charge >= 0.3 is 0 Å². The third-order valence-corrected chi connectivity index (χ3v) is 4.01. The molecule has 4 nitrogen and oxygen atoms in total. The number of nitrogens with one attached hydrogen (secondary N) is 1. The summed E-state index contributed by atoms with van der Waals surface area (Å²) in [6, 6.07) is 5.52. The first-order chi connectivity index (χ1) is 10.2. The van der Waals surface area contributed by atoms with Crippen molar-refractivity contribution in [1.82, 2.24) is 5.32 Å². The number of fused-ring (bicyclic) bond motifs is 1. The van der Waals surface area contributed by atoms with E-state index >= 15 is 0 Å². The minimum absolute atomic E-state index is 0.0462. The molecular weight excluding hydrogens is 290 g/mol. The van der Waals surface area contributed by atoms with Crippen LogP contribution in [-0.2, 0) is 9.53 Å². The predicted molar refractivity (Wildman–Crippen MR) is 80.3 cm³/mol. The number of amides is 1. The number of halogens is 1. The fourth-order valence-corrected chi connectivity index (χ4v) is 2.84. The Morgan fingerprint density at radius 2 is 2.19 bits per heavy atom. The smallest absolute Gasteiger partial charge is 0.250 e. The molecule has 1 N–H and O–H groups in total. The number of hydrogen-bond donors (Lipinski definition) is 1. The van der Waals surface area contributed by atoms with Gasteiger partial charge in [0.05, 0.1) is 31.1 Å². The topological polar surface area (TPSA) is 47.6 Å². The van der Waals surface area contributed by atoms with Crippen LogP contribution in [0, 0.1) is 0 Å². The van der Waals surface area contributed by atoms with E-state index in [9.17, 15) is 4.79 Å². The molecule has 0 spiro atoms. The van der Waals surface area contributed by atoms with Crippen LogP contribution in [0.15, 0.2) is 30.0 Å². The van der Waals surface area contributed by atoms with Gasteiger partial charge < -0.3 is 14.8 Å². The quantitative estimate of drug-likeness (QED) is 0.911. The number of carbonyl (C=O) groups excluding carboxylic acids is 1. The summed E-state index contributed by atoms with van der Waals surface area (Å²) in [5, 5.41) is 3.74. The fourth-order valence-electron chi connectivity index (χ4n) is 2.68. The van der Waals surface area contributed by atoms with E-state index < -0.39 is 0 Å². The lowest BCUT2D eigenvalue weighted by Crippen LogP contribution is -2.30. The molecule has 0 fully saturated rings. The highest BCUT2D eigenvalue weighted by Crippen LogP contribution is 2.33. The zero-order valence-corrected chi connectivity index (χ0v) is 12.5. The summed E-state index contributed by atoms with van der Waals surface area (Å²) < 4.78 is 10.9. The molecule has 3 rings (SSSR count). The van der Waals surface area contributed by atoms with Crippen LogP contribution in [0.4, 0.5) is 0 Å². The molecule has 2 aliphatic heterocycles. The maximum Gasteiger partial charge on any atom is 0.250 e. The van der Waals surface area contributed by atoms with Crippen molar-refractivity contribution in [3.63, 3.8) is 0 Å². The number of rotatable bonds is 2. The Bertz CT molecular complexity index is 571. The summed E-state index contributed by atoms with van der Waals surface area (Å²) in [5.41, 5.74) is 1.70. The number of benzene rings is 1. The molecule has 2 aliphatic rings. The van der Waals surface area contributed by atoms with Gasteiger partial charge in [-0.05, 0) is 37.8 Å². The molecule has 0 saturated heterocycles. The summed E-state index contributed by atoms with van der Waals surface area (Å²) in [6.45, 7) is 1.33. The molecule has 0 radical (unpaired) electrons. The first kappa shape index (κ1) is 14.3. The van der Waals surface area contributed by atoms with Gasteiger partial charge in [0.25, 0.3) is 5.91 Å². The highest BCUT2D eigenvalue weighted by Gasteiger charge is 2.23. The van der Waals surface area contributed by atoms with Gasteiger partial charge in [0.15, 0.2) is 0 Å². The molecular formula is C16H18ClNO3. The maximum absolute atomic E-state index is 12.3. The Kier molecular flexibility index (Phi) is 4.34. The highest BCUT2D eigenvalue weighted by atomic mass is 35.5. The molecule has 21 heavy (non-hydrogen) atoms. The van der Waals surface area contributed by atoms with Crippen LogP contribution in [0.2, 0.25) is 5.02 Å². The predicted octanol–water partition coefficient (Wildman–Crippen LogP) is 3.36. The second-order valence-corrected chi connectivity index (χ2v) is 5.75. The molecule has 1 aromatic rings. The van der Waals surface area contributed by atoms with Crippen molar-refractivity contribution in [3.05, 3.63) is 40.6 Å². The number of hydrogen-bond acceptors (Lipinski definition) is 3. The Morgan fingerprint density at radius 1 is 1.29 bits per heavy atom. The van der Waals surface area contributed by atoms with E-state index in [1.54, 1.807) is 6.26 Å². The lowest BCUT2D eigenvalue weighted by molar-refractivity contribution is -0.118. The summed E-state index contributed by atoms with van der Waals surface area (Å²) in [4.78, 5) is 12.3.